The van der Waals surface area contributed by atoms with E-state index in [1.54, 1.807) is 18.2 Å². The van der Waals surface area contributed by atoms with E-state index in [1.165, 1.54) is 12.1 Å². The van der Waals surface area contributed by atoms with Crippen molar-refractivity contribution in [3.8, 4) is 0 Å². The van der Waals surface area contributed by atoms with Gasteiger partial charge < -0.3 is 20.3 Å². The zero-order valence-electron chi connectivity index (χ0n) is 9.75. The van der Waals surface area contributed by atoms with Crippen LogP contribution in [0.1, 0.15) is 16.8 Å². The molecule has 1 aromatic rings. The minimum absolute atomic E-state index is 0. The van der Waals surface area contributed by atoms with Crippen LogP contribution in [0.2, 0.25) is 0 Å². The fourth-order valence-corrected chi connectivity index (χ4v) is 1.20. The molecule has 0 bridgehead atoms. The normalized spacial score (nSPS) is 10.9. The average molecular weight is 259 g/mol. The number of amides is 1. The molecule has 0 radical (unpaired) electrons. The summed E-state index contributed by atoms with van der Waals surface area (Å²) in [5, 5.41) is 21.2. The van der Waals surface area contributed by atoms with Gasteiger partial charge in [-0.3, -0.25) is 9.59 Å². The Morgan fingerprint density at radius 1 is 1.22 bits per heavy atom. The fraction of sp³-hybridized carbons (Fsp3) is 0.182. The molecule has 1 aromatic carbocycles. The Labute approximate surface area is 125 Å². The Bertz CT molecular complexity index is 434. The maximum atomic E-state index is 11.5. The molecule has 2 N–H and O–H groups in total. The first-order valence-electron chi connectivity index (χ1n) is 4.79. The molecule has 90 valence electrons. The molecule has 1 atom stereocenters. The Kier molecular flexibility index (Phi) is 7.26. The molecule has 0 aliphatic heterocycles. The van der Waals surface area contributed by atoms with E-state index in [9.17, 15) is 19.5 Å². The van der Waals surface area contributed by atoms with Crippen LogP contribution in [0.3, 0.4) is 0 Å². The van der Waals surface area contributed by atoms with Crippen molar-refractivity contribution in [1.82, 2.24) is 5.32 Å². The predicted molar refractivity (Wildman–Crippen MR) is 55.0 cm³/mol. The SMILES string of the molecule is O=C(O)C[C@H](NC(=O)c1ccccc1)C(=O)[O-].[Na+]. The van der Waals surface area contributed by atoms with Gasteiger partial charge in [0.15, 0.2) is 0 Å². The molecule has 0 saturated carbocycles. The third-order valence-corrected chi connectivity index (χ3v) is 2.00. The number of nitrogens with one attached hydrogen (secondary N) is 1. The zero-order valence-corrected chi connectivity index (χ0v) is 11.8. The van der Waals surface area contributed by atoms with Crippen molar-refractivity contribution < 1.29 is 54.2 Å². The number of benzene rings is 1. The number of carboxylic acid groups (broad SMARTS) is 2. The molecule has 1 amide bonds. The smallest absolute Gasteiger partial charge is 0.548 e. The second kappa shape index (κ2) is 7.86. The van der Waals surface area contributed by atoms with Gasteiger partial charge in [0.1, 0.15) is 0 Å². The third kappa shape index (κ3) is 5.31. The van der Waals surface area contributed by atoms with E-state index in [-0.39, 0.29) is 35.1 Å². The first-order valence-corrected chi connectivity index (χ1v) is 4.79. The summed E-state index contributed by atoms with van der Waals surface area (Å²) in [6.07, 6.45) is -0.721. The number of hydrogen-bond donors (Lipinski definition) is 2. The third-order valence-electron chi connectivity index (χ3n) is 2.00. The molecule has 18 heavy (non-hydrogen) atoms. The van der Waals surface area contributed by atoms with E-state index >= 15 is 0 Å². The van der Waals surface area contributed by atoms with Gasteiger partial charge in [0.2, 0.25) is 0 Å². The first-order chi connectivity index (χ1) is 8.00. The van der Waals surface area contributed by atoms with Crippen molar-refractivity contribution in [1.29, 1.82) is 0 Å². The van der Waals surface area contributed by atoms with Crippen LogP contribution in [0, 0.1) is 0 Å². The van der Waals surface area contributed by atoms with E-state index < -0.39 is 30.3 Å². The molecule has 6 nitrogen and oxygen atoms in total. The van der Waals surface area contributed by atoms with Gasteiger partial charge in [-0.1, -0.05) is 18.2 Å². The molecule has 1 rings (SSSR count). The van der Waals surface area contributed by atoms with E-state index in [2.05, 4.69) is 5.32 Å². The van der Waals surface area contributed by atoms with Gasteiger partial charge in [0.05, 0.1) is 18.4 Å². The van der Waals surface area contributed by atoms with Gasteiger partial charge in [-0.2, -0.15) is 0 Å². The molecule has 0 fully saturated rings. The second-order valence-electron chi connectivity index (χ2n) is 3.31. The van der Waals surface area contributed by atoms with Crippen molar-refractivity contribution in [3.05, 3.63) is 35.9 Å². The summed E-state index contributed by atoms with van der Waals surface area (Å²) >= 11 is 0. The minimum atomic E-state index is -1.63. The summed E-state index contributed by atoms with van der Waals surface area (Å²) in [4.78, 5) is 32.5. The van der Waals surface area contributed by atoms with Gasteiger partial charge in [-0.05, 0) is 12.1 Å². The monoisotopic (exact) mass is 259 g/mol. The van der Waals surface area contributed by atoms with Crippen molar-refractivity contribution in [2.24, 2.45) is 0 Å². The molecule has 0 aliphatic carbocycles. The number of rotatable bonds is 5. The van der Waals surface area contributed by atoms with E-state index in [1.807, 2.05) is 0 Å². The van der Waals surface area contributed by atoms with Crippen molar-refractivity contribution >= 4 is 17.8 Å². The molecule has 0 aromatic heterocycles. The minimum Gasteiger partial charge on any atom is -0.548 e. The Morgan fingerprint density at radius 3 is 2.22 bits per heavy atom. The van der Waals surface area contributed by atoms with Crippen LogP contribution in [-0.2, 0) is 9.59 Å². The van der Waals surface area contributed by atoms with E-state index in [0.717, 1.165) is 0 Å². The standard InChI is InChI=1S/C11H11NO5.Na/c13-9(14)6-8(11(16)17)12-10(15)7-4-2-1-3-5-7;/h1-5,8H,6H2,(H,12,15)(H,13,14)(H,16,17);/q;+1/p-1/t8-;/m0./s1. The summed E-state index contributed by atoms with van der Waals surface area (Å²) in [5.41, 5.74) is 0.254. The van der Waals surface area contributed by atoms with Gasteiger partial charge in [0, 0.05) is 5.56 Å². The van der Waals surface area contributed by atoms with Crippen molar-refractivity contribution in [2.45, 2.75) is 12.5 Å². The maximum absolute atomic E-state index is 11.5. The summed E-state index contributed by atoms with van der Waals surface area (Å²) in [7, 11) is 0. The van der Waals surface area contributed by atoms with Crippen LogP contribution in [0.4, 0.5) is 0 Å². The van der Waals surface area contributed by atoms with Crippen LogP contribution in [0.5, 0.6) is 0 Å². The number of aliphatic carboxylic acids is 2. The summed E-state index contributed by atoms with van der Waals surface area (Å²) in [6.45, 7) is 0. The predicted octanol–water partition coefficient (Wildman–Crippen LogP) is -3.99. The van der Waals surface area contributed by atoms with Crippen LogP contribution in [0.25, 0.3) is 0 Å². The van der Waals surface area contributed by atoms with Gasteiger partial charge in [-0.15, -0.1) is 0 Å². The molecule has 0 spiro atoms. The number of carboxylic acids is 2. The summed E-state index contributed by atoms with van der Waals surface area (Å²) in [5.74, 6) is -3.61. The van der Waals surface area contributed by atoms with Crippen LogP contribution in [-0.4, -0.2) is 29.0 Å². The van der Waals surface area contributed by atoms with Gasteiger partial charge >= 0.3 is 35.5 Å². The first kappa shape index (κ1) is 16.6. The van der Waals surface area contributed by atoms with Crippen LogP contribution in [0.15, 0.2) is 30.3 Å². The molecule has 7 heteroatoms. The van der Waals surface area contributed by atoms with E-state index in [0.29, 0.717) is 0 Å². The number of hydrogen-bond acceptors (Lipinski definition) is 4. The molecular weight excluding hydrogens is 249 g/mol. The number of carbonyl (C=O) groups is 3. The van der Waals surface area contributed by atoms with Crippen LogP contribution >= 0.6 is 0 Å². The van der Waals surface area contributed by atoms with Crippen molar-refractivity contribution in [2.75, 3.05) is 0 Å². The second-order valence-corrected chi connectivity index (χ2v) is 3.31. The largest absolute Gasteiger partial charge is 1.00 e. The van der Waals surface area contributed by atoms with E-state index in [4.69, 9.17) is 5.11 Å². The quantitative estimate of drug-likeness (QED) is 0.524. The Hall–Kier alpha value is -1.37. The van der Waals surface area contributed by atoms with Crippen molar-refractivity contribution in [3.63, 3.8) is 0 Å². The van der Waals surface area contributed by atoms with Crippen LogP contribution < -0.4 is 40.0 Å². The number of carbonyl (C=O) groups excluding carboxylic acids is 2. The topological polar surface area (TPSA) is 107 Å². The summed E-state index contributed by atoms with van der Waals surface area (Å²) < 4.78 is 0. The van der Waals surface area contributed by atoms with Gasteiger partial charge in [-0.25, -0.2) is 0 Å². The maximum Gasteiger partial charge on any atom is 1.00 e. The Balaban J connectivity index is 0.00000289. The molecular formula is C11H10NNaO5. The molecule has 0 heterocycles. The fourth-order valence-electron chi connectivity index (χ4n) is 1.20. The molecule has 0 saturated heterocycles. The summed E-state index contributed by atoms with van der Waals surface area (Å²) in [6, 6.07) is 6.36. The Morgan fingerprint density at radius 2 is 1.78 bits per heavy atom. The molecule has 0 unspecified atom stereocenters. The average Bonchev–Trinajstić information content (AvgIpc) is 2.28. The molecule has 0 aliphatic rings. The van der Waals surface area contributed by atoms with Gasteiger partial charge in [0.25, 0.3) is 5.91 Å². The zero-order chi connectivity index (χ0) is 12.8.